The van der Waals surface area contributed by atoms with E-state index < -0.39 is 27.7 Å². The van der Waals surface area contributed by atoms with Gasteiger partial charge in [0, 0.05) is 6.54 Å². The number of ether oxygens (including phenoxy) is 2. The molecule has 0 unspecified atom stereocenters. The average Bonchev–Trinajstić information content (AvgIpc) is 2.83. The van der Waals surface area contributed by atoms with Gasteiger partial charge in [0.25, 0.3) is 0 Å². The van der Waals surface area contributed by atoms with Gasteiger partial charge in [0.1, 0.15) is 12.4 Å². The monoisotopic (exact) mass is 507 g/mol. The van der Waals surface area contributed by atoms with Crippen molar-refractivity contribution in [2.75, 3.05) is 13.7 Å². The van der Waals surface area contributed by atoms with Gasteiger partial charge in [-0.15, -0.1) is 0 Å². The zero-order valence-electron chi connectivity index (χ0n) is 19.1. The van der Waals surface area contributed by atoms with Crippen molar-refractivity contribution >= 4 is 16.0 Å². The summed E-state index contributed by atoms with van der Waals surface area (Å²) >= 11 is 0. The van der Waals surface area contributed by atoms with Crippen LogP contribution in [0.4, 0.5) is 13.2 Å². The topological polar surface area (TPSA) is 81.7 Å². The zero-order chi connectivity index (χ0) is 25.6. The molecule has 0 saturated carbocycles. The predicted molar refractivity (Wildman–Crippen MR) is 124 cm³/mol. The van der Waals surface area contributed by atoms with E-state index in [1.807, 2.05) is 0 Å². The van der Waals surface area contributed by atoms with E-state index in [4.69, 9.17) is 4.74 Å². The number of benzene rings is 3. The summed E-state index contributed by atoms with van der Waals surface area (Å²) in [6.45, 7) is 1.93. The van der Waals surface area contributed by atoms with Crippen LogP contribution < -0.4 is 9.46 Å². The van der Waals surface area contributed by atoms with Crippen LogP contribution in [-0.2, 0) is 34.0 Å². The molecule has 0 aliphatic rings. The minimum absolute atomic E-state index is 0.0319. The summed E-state index contributed by atoms with van der Waals surface area (Å²) in [6.07, 6.45) is -3.97. The Labute approximate surface area is 201 Å². The molecule has 0 fully saturated rings. The fourth-order valence-electron chi connectivity index (χ4n) is 3.22. The fourth-order valence-corrected chi connectivity index (χ4v) is 4.28. The molecule has 10 heteroatoms. The smallest absolute Gasteiger partial charge is 0.416 e. The van der Waals surface area contributed by atoms with Crippen molar-refractivity contribution in [1.29, 1.82) is 0 Å². The average molecular weight is 508 g/mol. The van der Waals surface area contributed by atoms with E-state index in [0.717, 1.165) is 17.7 Å². The number of carbonyl (C=O) groups is 1. The molecule has 3 aromatic carbocycles. The van der Waals surface area contributed by atoms with E-state index in [-0.39, 0.29) is 23.6 Å². The van der Waals surface area contributed by atoms with Gasteiger partial charge in [-0.05, 0) is 66.4 Å². The third-order valence-corrected chi connectivity index (χ3v) is 6.70. The normalized spacial score (nSPS) is 11.8. The van der Waals surface area contributed by atoms with Gasteiger partial charge in [-0.3, -0.25) is 0 Å². The van der Waals surface area contributed by atoms with Crippen LogP contribution in [0.15, 0.2) is 71.6 Å². The van der Waals surface area contributed by atoms with Gasteiger partial charge in [-0.1, -0.05) is 30.3 Å². The van der Waals surface area contributed by atoms with Gasteiger partial charge < -0.3 is 9.47 Å². The molecule has 0 saturated heterocycles. The molecule has 0 aromatic heterocycles. The van der Waals surface area contributed by atoms with Gasteiger partial charge in [0.15, 0.2) is 0 Å². The minimum Gasteiger partial charge on any atom is -0.489 e. The van der Waals surface area contributed by atoms with Crippen LogP contribution in [0.25, 0.3) is 0 Å². The summed E-state index contributed by atoms with van der Waals surface area (Å²) < 4.78 is 75.9. The lowest BCUT2D eigenvalue weighted by Crippen LogP contribution is -2.26. The van der Waals surface area contributed by atoms with Crippen molar-refractivity contribution in [1.82, 2.24) is 4.72 Å². The lowest BCUT2D eigenvalue weighted by Gasteiger charge is -2.11. The van der Waals surface area contributed by atoms with Crippen LogP contribution in [0.5, 0.6) is 5.75 Å². The summed E-state index contributed by atoms with van der Waals surface area (Å²) in [7, 11) is -2.60. The number of carbonyl (C=O) groups excluding carboxylic acids is 1. The van der Waals surface area contributed by atoms with Crippen LogP contribution in [0, 0.1) is 6.92 Å². The number of hydrogen-bond acceptors (Lipinski definition) is 5. The SMILES string of the molecule is COC(=O)c1cc(S(=O)(=O)NCCc2ccc(OCc3ccc(C(F)(F)F)cc3)cc2)ccc1C. The third kappa shape index (κ3) is 7.06. The lowest BCUT2D eigenvalue weighted by atomic mass is 10.1. The number of esters is 1. The Balaban J connectivity index is 1.53. The van der Waals surface area contributed by atoms with E-state index in [2.05, 4.69) is 9.46 Å². The van der Waals surface area contributed by atoms with Gasteiger partial charge in [0.2, 0.25) is 10.0 Å². The molecule has 0 amide bonds. The van der Waals surface area contributed by atoms with E-state index in [0.29, 0.717) is 23.3 Å². The fraction of sp³-hybridized carbons (Fsp3) is 0.240. The predicted octanol–water partition coefficient (Wildman–Crippen LogP) is 4.90. The maximum absolute atomic E-state index is 12.6. The highest BCUT2D eigenvalue weighted by molar-refractivity contribution is 7.89. The maximum atomic E-state index is 12.6. The number of methoxy groups -OCH3 is 1. The van der Waals surface area contributed by atoms with E-state index in [1.54, 1.807) is 37.3 Å². The van der Waals surface area contributed by atoms with Crippen LogP contribution in [0.2, 0.25) is 0 Å². The van der Waals surface area contributed by atoms with Crippen LogP contribution in [0.1, 0.15) is 32.6 Å². The van der Waals surface area contributed by atoms with Gasteiger partial charge >= 0.3 is 12.1 Å². The van der Waals surface area contributed by atoms with Gasteiger partial charge in [-0.2, -0.15) is 13.2 Å². The van der Waals surface area contributed by atoms with Crippen molar-refractivity contribution in [3.8, 4) is 5.75 Å². The first-order chi connectivity index (χ1) is 16.5. The van der Waals surface area contributed by atoms with Crippen LogP contribution in [0.3, 0.4) is 0 Å². The molecule has 3 rings (SSSR count). The highest BCUT2D eigenvalue weighted by atomic mass is 32.2. The second kappa shape index (κ2) is 10.9. The maximum Gasteiger partial charge on any atom is 0.416 e. The molecule has 35 heavy (non-hydrogen) atoms. The second-order valence-corrected chi connectivity index (χ2v) is 9.51. The molecular weight excluding hydrogens is 483 g/mol. The Hall–Kier alpha value is -3.37. The summed E-state index contributed by atoms with van der Waals surface area (Å²) in [5, 5.41) is 0. The molecule has 0 heterocycles. The Morgan fingerprint density at radius 2 is 1.57 bits per heavy atom. The highest BCUT2D eigenvalue weighted by Gasteiger charge is 2.29. The number of halogens is 3. The number of alkyl halides is 3. The van der Waals surface area contributed by atoms with E-state index >= 15 is 0 Å². The molecule has 0 bridgehead atoms. The summed E-state index contributed by atoms with van der Waals surface area (Å²) in [5.74, 6) is -0.0793. The standard InChI is InChI=1S/C25H24F3NO5S/c1-17-3-12-22(15-23(17)24(30)33-2)35(31,32)29-14-13-18-6-10-21(11-7-18)34-16-19-4-8-20(9-5-19)25(26,27)28/h3-12,15,29H,13-14,16H2,1-2H3. The summed E-state index contributed by atoms with van der Waals surface area (Å²) in [4.78, 5) is 11.8. The van der Waals surface area contributed by atoms with E-state index in [1.165, 1.54) is 31.4 Å². The van der Waals surface area contributed by atoms with Crippen molar-refractivity contribution in [3.63, 3.8) is 0 Å². The molecule has 0 aliphatic heterocycles. The van der Waals surface area contributed by atoms with Crippen LogP contribution >= 0.6 is 0 Å². The quantitative estimate of drug-likeness (QED) is 0.417. The Morgan fingerprint density at radius 3 is 2.17 bits per heavy atom. The first-order valence-corrected chi connectivity index (χ1v) is 12.0. The second-order valence-electron chi connectivity index (χ2n) is 7.74. The number of sulfonamides is 1. The molecule has 1 N–H and O–H groups in total. The molecule has 3 aromatic rings. The molecular formula is C25H24F3NO5S. The Kier molecular flexibility index (Phi) is 8.18. The minimum atomic E-state index is -4.38. The van der Waals surface area contributed by atoms with E-state index in [9.17, 15) is 26.4 Å². The number of aryl methyl sites for hydroxylation is 1. The first-order valence-electron chi connectivity index (χ1n) is 10.6. The molecule has 0 aliphatic carbocycles. The number of hydrogen-bond donors (Lipinski definition) is 1. The van der Waals surface area contributed by atoms with Crippen molar-refractivity contribution in [2.24, 2.45) is 0 Å². The number of nitrogens with one attached hydrogen (secondary N) is 1. The third-order valence-electron chi connectivity index (χ3n) is 5.24. The largest absolute Gasteiger partial charge is 0.489 e. The summed E-state index contributed by atoms with van der Waals surface area (Å²) in [6, 6.07) is 16.0. The van der Waals surface area contributed by atoms with Crippen molar-refractivity contribution in [2.45, 2.75) is 31.0 Å². The first kappa shape index (κ1) is 26.2. The Morgan fingerprint density at radius 1 is 0.943 bits per heavy atom. The van der Waals surface area contributed by atoms with Crippen molar-refractivity contribution < 1.29 is 35.9 Å². The highest BCUT2D eigenvalue weighted by Crippen LogP contribution is 2.29. The Bertz CT molecular complexity index is 1270. The molecule has 0 atom stereocenters. The van der Waals surface area contributed by atoms with Gasteiger partial charge in [0.05, 0.1) is 23.1 Å². The van der Waals surface area contributed by atoms with Gasteiger partial charge in [-0.25, -0.2) is 17.9 Å². The van der Waals surface area contributed by atoms with Crippen molar-refractivity contribution in [3.05, 3.63) is 94.5 Å². The molecule has 6 nitrogen and oxygen atoms in total. The zero-order valence-corrected chi connectivity index (χ0v) is 19.9. The number of rotatable bonds is 9. The molecule has 0 spiro atoms. The molecule has 186 valence electrons. The molecule has 0 radical (unpaired) electrons. The lowest BCUT2D eigenvalue weighted by molar-refractivity contribution is -0.137. The van der Waals surface area contributed by atoms with Crippen LogP contribution in [-0.4, -0.2) is 28.0 Å². The summed E-state index contributed by atoms with van der Waals surface area (Å²) in [5.41, 5.74) is 1.53.